The van der Waals surface area contributed by atoms with Crippen LogP contribution in [0.25, 0.3) is 11.3 Å². The van der Waals surface area contributed by atoms with E-state index in [0.29, 0.717) is 48.5 Å². The first-order valence-electron chi connectivity index (χ1n) is 11.1. The first kappa shape index (κ1) is 24.9. The highest BCUT2D eigenvalue weighted by Gasteiger charge is 2.34. The Labute approximate surface area is 206 Å². The van der Waals surface area contributed by atoms with Crippen LogP contribution in [0.3, 0.4) is 0 Å². The van der Waals surface area contributed by atoms with Gasteiger partial charge in [-0.05, 0) is 54.1 Å². The van der Waals surface area contributed by atoms with Crippen LogP contribution < -0.4 is 10.2 Å². The normalized spacial score (nSPS) is 14.1. The van der Waals surface area contributed by atoms with E-state index in [0.717, 1.165) is 11.6 Å². The van der Waals surface area contributed by atoms with Crippen molar-refractivity contribution in [3.05, 3.63) is 76.5 Å². The van der Waals surface area contributed by atoms with Gasteiger partial charge in [0.15, 0.2) is 0 Å². The van der Waals surface area contributed by atoms with Crippen LogP contribution in [0.15, 0.2) is 59.0 Å². The Bertz CT molecular complexity index is 1160. The van der Waals surface area contributed by atoms with Crippen LogP contribution in [-0.2, 0) is 24.0 Å². The van der Waals surface area contributed by atoms with Crippen molar-refractivity contribution in [2.24, 2.45) is 0 Å². The topological polar surface area (TPSA) is 58.0 Å². The summed E-state index contributed by atoms with van der Waals surface area (Å²) < 4.78 is 52.3. The molecule has 10 heteroatoms. The molecule has 2 heterocycles. The molecule has 0 aliphatic carbocycles. The molecule has 1 aromatic heterocycles. The molecule has 0 bridgehead atoms. The number of halogens is 4. The van der Waals surface area contributed by atoms with Crippen molar-refractivity contribution in [2.75, 3.05) is 38.3 Å². The van der Waals surface area contributed by atoms with Gasteiger partial charge in [-0.1, -0.05) is 17.7 Å². The number of benzene rings is 2. The van der Waals surface area contributed by atoms with Gasteiger partial charge in [0, 0.05) is 43.0 Å². The average molecular weight is 508 g/mol. The van der Waals surface area contributed by atoms with Gasteiger partial charge in [0.25, 0.3) is 0 Å². The number of nitrogens with zero attached hydrogens (tertiary/aromatic N) is 2. The Morgan fingerprint density at radius 3 is 2.49 bits per heavy atom. The zero-order valence-electron chi connectivity index (χ0n) is 19.1. The maximum Gasteiger partial charge on any atom is 0.416 e. The molecule has 2 aromatic carbocycles. The van der Waals surface area contributed by atoms with Gasteiger partial charge in [-0.15, -0.1) is 0 Å². The molecule has 0 saturated carbocycles. The number of furan rings is 1. The smallest absolute Gasteiger partial charge is 0.416 e. The number of nitrogens with one attached hydrogen (secondary N) is 1. The van der Waals surface area contributed by atoms with Crippen LogP contribution >= 0.6 is 11.6 Å². The lowest BCUT2D eigenvalue weighted by Gasteiger charge is -2.29. The summed E-state index contributed by atoms with van der Waals surface area (Å²) in [5, 5.41) is 3.18. The van der Waals surface area contributed by atoms with Crippen molar-refractivity contribution < 1.29 is 27.1 Å². The van der Waals surface area contributed by atoms with Gasteiger partial charge >= 0.3 is 12.2 Å². The number of urea groups is 1. The Kier molecular flexibility index (Phi) is 7.57. The number of hydrogen-bond acceptors (Lipinski definition) is 4. The Hall–Kier alpha value is -3.17. The minimum Gasteiger partial charge on any atom is -0.459 e. The fourth-order valence-electron chi connectivity index (χ4n) is 3.84. The number of ether oxygens (including phenoxy) is 1. The third kappa shape index (κ3) is 6.29. The molecule has 4 rings (SSSR count). The van der Waals surface area contributed by atoms with E-state index in [1.54, 1.807) is 37.4 Å². The van der Waals surface area contributed by atoms with Crippen LogP contribution in [-0.4, -0.2) is 44.3 Å². The highest BCUT2D eigenvalue weighted by atomic mass is 35.5. The van der Waals surface area contributed by atoms with E-state index in [2.05, 4.69) is 5.32 Å². The quantitative estimate of drug-likeness (QED) is 0.458. The summed E-state index contributed by atoms with van der Waals surface area (Å²) in [6, 6.07) is 14.4. The summed E-state index contributed by atoms with van der Waals surface area (Å²) in [5.41, 5.74) is 0.567. The molecule has 3 aromatic rings. The average Bonchev–Trinajstić information content (AvgIpc) is 3.31. The lowest BCUT2D eigenvalue weighted by molar-refractivity contribution is -0.138. The van der Waals surface area contributed by atoms with Gasteiger partial charge in [0.1, 0.15) is 11.5 Å². The first-order valence-corrected chi connectivity index (χ1v) is 11.4. The van der Waals surface area contributed by atoms with Gasteiger partial charge in [0.2, 0.25) is 0 Å². The number of carbonyl (C=O) groups excluding carboxylic acids is 1. The fourth-order valence-corrected chi connectivity index (χ4v) is 3.97. The number of amides is 2. The number of rotatable bonds is 6. The molecule has 0 radical (unpaired) electrons. The van der Waals surface area contributed by atoms with E-state index in [1.165, 1.54) is 11.0 Å². The third-order valence-corrected chi connectivity index (χ3v) is 5.99. The summed E-state index contributed by atoms with van der Waals surface area (Å²) in [6.45, 7) is 1.91. The number of anilines is 1. The second kappa shape index (κ2) is 10.6. The standard InChI is InChI=1S/C25H25ClF3N3O3/c1-31(16-21-8-9-23(35-21)17-2-5-19(26)6-3-17)24(33)30-15-18-4-7-20(14-22(18)25(27,28)29)32-10-12-34-13-11-32/h2-9,14H,10-13,15-16H2,1H3,(H,30,33). The predicted octanol–water partition coefficient (Wildman–Crippen LogP) is 5.80. The van der Waals surface area contributed by atoms with E-state index < -0.39 is 17.8 Å². The van der Waals surface area contributed by atoms with E-state index in [4.69, 9.17) is 20.8 Å². The zero-order chi connectivity index (χ0) is 25.0. The predicted molar refractivity (Wildman–Crippen MR) is 127 cm³/mol. The molecule has 1 N–H and O–H groups in total. The van der Waals surface area contributed by atoms with Gasteiger partial charge in [-0.25, -0.2) is 4.79 Å². The van der Waals surface area contributed by atoms with Crippen LogP contribution in [0.2, 0.25) is 5.02 Å². The van der Waals surface area contributed by atoms with E-state index in [9.17, 15) is 18.0 Å². The minimum atomic E-state index is -4.54. The molecular formula is C25H25ClF3N3O3. The van der Waals surface area contributed by atoms with E-state index >= 15 is 0 Å². The molecule has 6 nitrogen and oxygen atoms in total. The molecule has 0 spiro atoms. The largest absolute Gasteiger partial charge is 0.459 e. The van der Waals surface area contributed by atoms with Crippen molar-refractivity contribution in [2.45, 2.75) is 19.3 Å². The summed E-state index contributed by atoms with van der Waals surface area (Å²) in [4.78, 5) is 15.8. The van der Waals surface area contributed by atoms with Crippen LogP contribution in [0.5, 0.6) is 0 Å². The molecule has 2 amide bonds. The van der Waals surface area contributed by atoms with Crippen LogP contribution in [0, 0.1) is 0 Å². The SMILES string of the molecule is CN(Cc1ccc(-c2ccc(Cl)cc2)o1)C(=O)NCc1ccc(N2CCOCC2)cc1C(F)(F)F. The molecule has 1 aliphatic heterocycles. The van der Waals surface area contributed by atoms with Crippen LogP contribution in [0.4, 0.5) is 23.7 Å². The highest BCUT2D eigenvalue weighted by Crippen LogP contribution is 2.35. The molecule has 0 unspecified atom stereocenters. The van der Waals surface area contributed by atoms with Crippen molar-refractivity contribution in [3.63, 3.8) is 0 Å². The molecular weight excluding hydrogens is 483 g/mol. The third-order valence-electron chi connectivity index (χ3n) is 5.74. The van der Waals surface area contributed by atoms with Gasteiger partial charge in [-0.3, -0.25) is 0 Å². The Morgan fingerprint density at radius 2 is 1.80 bits per heavy atom. The van der Waals surface area contributed by atoms with Crippen molar-refractivity contribution in [1.82, 2.24) is 10.2 Å². The summed E-state index contributed by atoms with van der Waals surface area (Å²) in [5.74, 6) is 1.17. The first-order chi connectivity index (χ1) is 16.7. The van der Waals surface area contributed by atoms with Crippen molar-refractivity contribution in [1.29, 1.82) is 0 Å². The maximum atomic E-state index is 13.7. The molecule has 1 aliphatic rings. The number of hydrogen-bond donors (Lipinski definition) is 1. The van der Waals surface area contributed by atoms with E-state index in [-0.39, 0.29) is 18.7 Å². The monoisotopic (exact) mass is 507 g/mol. The molecule has 186 valence electrons. The Balaban J connectivity index is 1.39. The Morgan fingerprint density at radius 1 is 1.09 bits per heavy atom. The minimum absolute atomic E-state index is 0.000664. The number of morpholine rings is 1. The zero-order valence-corrected chi connectivity index (χ0v) is 19.8. The van der Waals surface area contributed by atoms with E-state index in [1.807, 2.05) is 17.0 Å². The second-order valence-electron chi connectivity index (χ2n) is 8.23. The van der Waals surface area contributed by atoms with Gasteiger partial charge < -0.3 is 24.3 Å². The lowest BCUT2D eigenvalue weighted by atomic mass is 10.0. The fraction of sp³-hybridized carbons (Fsp3) is 0.320. The molecule has 35 heavy (non-hydrogen) atoms. The lowest BCUT2D eigenvalue weighted by Crippen LogP contribution is -2.37. The highest BCUT2D eigenvalue weighted by molar-refractivity contribution is 6.30. The summed E-state index contributed by atoms with van der Waals surface area (Å²) in [7, 11) is 1.55. The van der Waals surface area contributed by atoms with Crippen molar-refractivity contribution in [3.8, 4) is 11.3 Å². The van der Waals surface area contributed by atoms with Gasteiger partial charge in [-0.2, -0.15) is 13.2 Å². The maximum absolute atomic E-state index is 13.7. The molecule has 0 atom stereocenters. The number of alkyl halides is 3. The second-order valence-corrected chi connectivity index (χ2v) is 8.66. The number of carbonyl (C=O) groups is 1. The van der Waals surface area contributed by atoms with Crippen LogP contribution in [0.1, 0.15) is 16.9 Å². The van der Waals surface area contributed by atoms with Crippen molar-refractivity contribution >= 4 is 23.3 Å². The summed E-state index contributed by atoms with van der Waals surface area (Å²) in [6.07, 6.45) is -4.54. The van der Waals surface area contributed by atoms with Gasteiger partial charge in [0.05, 0.1) is 25.3 Å². The molecule has 1 fully saturated rings. The molecule has 1 saturated heterocycles. The summed E-state index contributed by atoms with van der Waals surface area (Å²) >= 11 is 5.91.